The Morgan fingerprint density at radius 2 is 2.39 bits per heavy atom. The van der Waals surface area contributed by atoms with E-state index in [4.69, 9.17) is 4.74 Å². The summed E-state index contributed by atoms with van der Waals surface area (Å²) in [6.45, 7) is 1.55. The Morgan fingerprint density at radius 1 is 1.67 bits per heavy atom. The standard InChI is InChI=1S/C11H11N3O4/c1-8(15)12-5-3-4-9-6-10(14(16)17)11(18-2)13-7-9/h6-7H,5H2,1-2H3,(H,12,15). The molecule has 0 unspecified atom stereocenters. The van der Waals surface area contributed by atoms with Crippen molar-refractivity contribution in [1.29, 1.82) is 0 Å². The second kappa shape index (κ2) is 6.20. The summed E-state index contributed by atoms with van der Waals surface area (Å²) in [6.07, 6.45) is 1.37. The van der Waals surface area contributed by atoms with E-state index >= 15 is 0 Å². The fraction of sp³-hybridized carbons (Fsp3) is 0.273. The molecule has 94 valence electrons. The van der Waals surface area contributed by atoms with Crippen molar-refractivity contribution in [3.8, 4) is 17.7 Å². The molecule has 0 aliphatic rings. The van der Waals surface area contributed by atoms with Crippen LogP contribution in [0.3, 0.4) is 0 Å². The molecule has 1 rings (SSSR count). The van der Waals surface area contributed by atoms with E-state index in [2.05, 4.69) is 22.1 Å². The van der Waals surface area contributed by atoms with Gasteiger partial charge in [0.2, 0.25) is 5.91 Å². The first-order valence-electron chi connectivity index (χ1n) is 4.96. The second-order valence-corrected chi connectivity index (χ2v) is 3.22. The van der Waals surface area contributed by atoms with Crippen molar-refractivity contribution in [2.24, 2.45) is 0 Å². The molecular formula is C11H11N3O4. The molecule has 0 aliphatic carbocycles. The van der Waals surface area contributed by atoms with Crippen LogP contribution < -0.4 is 10.1 Å². The van der Waals surface area contributed by atoms with Crippen molar-refractivity contribution >= 4 is 11.6 Å². The lowest BCUT2D eigenvalue weighted by Gasteiger charge is -1.99. The van der Waals surface area contributed by atoms with E-state index in [9.17, 15) is 14.9 Å². The predicted octanol–water partition coefficient (Wildman–Crippen LogP) is 0.486. The number of methoxy groups -OCH3 is 1. The zero-order chi connectivity index (χ0) is 13.5. The van der Waals surface area contributed by atoms with Gasteiger partial charge in [0.25, 0.3) is 5.88 Å². The monoisotopic (exact) mass is 249 g/mol. The smallest absolute Gasteiger partial charge is 0.332 e. The molecule has 1 aromatic rings. The summed E-state index contributed by atoms with van der Waals surface area (Å²) in [4.78, 5) is 24.5. The Morgan fingerprint density at radius 3 is 2.94 bits per heavy atom. The number of aromatic nitrogens is 1. The van der Waals surface area contributed by atoms with Gasteiger partial charge in [-0.15, -0.1) is 0 Å². The van der Waals surface area contributed by atoms with Gasteiger partial charge in [-0.1, -0.05) is 11.8 Å². The summed E-state index contributed by atoms with van der Waals surface area (Å²) < 4.78 is 4.76. The van der Waals surface area contributed by atoms with E-state index in [1.807, 2.05) is 0 Å². The van der Waals surface area contributed by atoms with Gasteiger partial charge in [0.15, 0.2) is 0 Å². The Labute approximate surface area is 103 Å². The average molecular weight is 249 g/mol. The fourth-order valence-corrected chi connectivity index (χ4v) is 1.11. The van der Waals surface area contributed by atoms with Crippen LogP contribution in [0.4, 0.5) is 5.69 Å². The number of ether oxygens (including phenoxy) is 1. The van der Waals surface area contributed by atoms with Crippen LogP contribution in [0, 0.1) is 22.0 Å². The van der Waals surface area contributed by atoms with Gasteiger partial charge in [0, 0.05) is 19.2 Å². The third kappa shape index (κ3) is 3.75. The van der Waals surface area contributed by atoms with Crippen LogP contribution in [-0.2, 0) is 4.79 Å². The minimum absolute atomic E-state index is 0.0626. The van der Waals surface area contributed by atoms with Gasteiger partial charge in [0.05, 0.1) is 24.1 Å². The SMILES string of the molecule is COc1ncc(C#CCNC(C)=O)cc1[N+](=O)[O-]. The normalized spacial score (nSPS) is 9.00. The third-order valence-electron chi connectivity index (χ3n) is 1.88. The molecule has 0 saturated heterocycles. The summed E-state index contributed by atoms with van der Waals surface area (Å²) in [5, 5.41) is 13.2. The maximum Gasteiger partial charge on any atom is 0.332 e. The molecule has 0 radical (unpaired) electrons. The zero-order valence-electron chi connectivity index (χ0n) is 9.89. The second-order valence-electron chi connectivity index (χ2n) is 3.22. The largest absolute Gasteiger partial charge is 0.476 e. The molecule has 1 heterocycles. The first kappa shape index (κ1) is 13.4. The quantitative estimate of drug-likeness (QED) is 0.478. The molecule has 7 heteroatoms. The van der Waals surface area contributed by atoms with Crippen LogP contribution in [0.25, 0.3) is 0 Å². The van der Waals surface area contributed by atoms with E-state index in [0.29, 0.717) is 5.56 Å². The van der Waals surface area contributed by atoms with Crippen molar-refractivity contribution in [2.75, 3.05) is 13.7 Å². The Hall–Kier alpha value is -2.62. The summed E-state index contributed by atoms with van der Waals surface area (Å²) in [5.41, 5.74) is 0.136. The van der Waals surface area contributed by atoms with Crippen molar-refractivity contribution in [1.82, 2.24) is 10.3 Å². The van der Waals surface area contributed by atoms with E-state index in [1.165, 1.54) is 26.3 Å². The lowest BCUT2D eigenvalue weighted by molar-refractivity contribution is -0.386. The highest BCUT2D eigenvalue weighted by Gasteiger charge is 2.16. The molecule has 18 heavy (non-hydrogen) atoms. The molecule has 1 aromatic heterocycles. The van der Waals surface area contributed by atoms with E-state index in [-0.39, 0.29) is 24.0 Å². The van der Waals surface area contributed by atoms with Crippen molar-refractivity contribution in [3.63, 3.8) is 0 Å². The van der Waals surface area contributed by atoms with Crippen LogP contribution in [0.15, 0.2) is 12.3 Å². The highest BCUT2D eigenvalue weighted by Crippen LogP contribution is 2.23. The number of hydrogen-bond acceptors (Lipinski definition) is 5. The molecule has 0 aromatic carbocycles. The van der Waals surface area contributed by atoms with E-state index in [0.717, 1.165) is 0 Å². The number of carbonyl (C=O) groups is 1. The molecule has 0 atom stereocenters. The van der Waals surface area contributed by atoms with E-state index < -0.39 is 4.92 Å². The number of nitrogens with zero attached hydrogens (tertiary/aromatic N) is 2. The average Bonchev–Trinajstić information content (AvgIpc) is 2.34. The Balaban J connectivity index is 2.88. The maximum atomic E-state index is 10.7. The molecule has 0 saturated carbocycles. The lowest BCUT2D eigenvalue weighted by Crippen LogP contribution is -2.19. The molecule has 0 fully saturated rings. The van der Waals surface area contributed by atoms with E-state index in [1.54, 1.807) is 0 Å². The van der Waals surface area contributed by atoms with Crippen molar-refractivity contribution in [2.45, 2.75) is 6.92 Å². The molecule has 0 bridgehead atoms. The molecular weight excluding hydrogens is 238 g/mol. The summed E-state index contributed by atoms with van der Waals surface area (Å²) in [6, 6.07) is 1.27. The number of hydrogen-bond donors (Lipinski definition) is 1. The topological polar surface area (TPSA) is 94.4 Å². The lowest BCUT2D eigenvalue weighted by atomic mass is 10.2. The molecule has 1 N–H and O–H groups in total. The first-order chi connectivity index (χ1) is 8.54. The number of amides is 1. The van der Waals surface area contributed by atoms with Gasteiger partial charge in [-0.3, -0.25) is 14.9 Å². The highest BCUT2D eigenvalue weighted by atomic mass is 16.6. The number of nitrogens with one attached hydrogen (secondary N) is 1. The van der Waals surface area contributed by atoms with Gasteiger partial charge in [-0.25, -0.2) is 4.98 Å². The van der Waals surface area contributed by atoms with Crippen LogP contribution >= 0.6 is 0 Å². The number of rotatable bonds is 3. The number of nitro groups is 1. The molecule has 7 nitrogen and oxygen atoms in total. The Bertz CT molecular complexity index is 531. The van der Waals surface area contributed by atoms with Gasteiger partial charge < -0.3 is 10.1 Å². The third-order valence-corrected chi connectivity index (χ3v) is 1.88. The molecule has 1 amide bonds. The van der Waals surface area contributed by atoms with Gasteiger partial charge >= 0.3 is 5.69 Å². The maximum absolute atomic E-state index is 10.7. The summed E-state index contributed by atoms with van der Waals surface area (Å²) in [7, 11) is 1.30. The minimum atomic E-state index is -0.592. The number of pyridine rings is 1. The van der Waals surface area contributed by atoms with Crippen molar-refractivity contribution < 1.29 is 14.5 Å². The minimum Gasteiger partial charge on any atom is -0.476 e. The Kier molecular flexibility index (Phi) is 4.63. The van der Waals surface area contributed by atoms with Gasteiger partial charge in [0.1, 0.15) is 0 Å². The highest BCUT2D eigenvalue weighted by molar-refractivity contribution is 5.73. The molecule has 0 spiro atoms. The van der Waals surface area contributed by atoms with Crippen LogP contribution in [0.2, 0.25) is 0 Å². The fourth-order valence-electron chi connectivity index (χ4n) is 1.11. The number of carbonyl (C=O) groups excluding carboxylic acids is 1. The summed E-state index contributed by atoms with van der Waals surface area (Å²) >= 11 is 0. The predicted molar refractivity (Wildman–Crippen MR) is 63.0 cm³/mol. The van der Waals surface area contributed by atoms with Crippen LogP contribution in [0.5, 0.6) is 5.88 Å². The first-order valence-corrected chi connectivity index (χ1v) is 4.96. The van der Waals surface area contributed by atoms with Gasteiger partial charge in [-0.05, 0) is 0 Å². The van der Waals surface area contributed by atoms with Crippen molar-refractivity contribution in [3.05, 3.63) is 27.9 Å². The van der Waals surface area contributed by atoms with Gasteiger partial charge in [-0.2, -0.15) is 0 Å². The summed E-state index contributed by atoms with van der Waals surface area (Å²) in [5.74, 6) is 5.06. The molecule has 0 aliphatic heterocycles. The van der Waals surface area contributed by atoms with Crippen LogP contribution in [-0.4, -0.2) is 29.5 Å². The zero-order valence-corrected chi connectivity index (χ0v) is 9.89. The van der Waals surface area contributed by atoms with Crippen LogP contribution in [0.1, 0.15) is 12.5 Å².